The SMILES string of the molecule is c1ccc(-c2ccc3c(c2)c2cccnc2n3-c2ccc3scc(-n4c5ccc(-c6ccccn6)cc5c5cccnc54)c3c2)nc1. The van der Waals surface area contributed by atoms with Crippen LogP contribution in [0.2, 0.25) is 0 Å². The molecule has 0 saturated heterocycles. The van der Waals surface area contributed by atoms with Gasteiger partial charge in [-0.05, 0) is 91.0 Å². The highest BCUT2D eigenvalue weighted by Crippen LogP contribution is 2.40. The van der Waals surface area contributed by atoms with Crippen LogP contribution in [0.3, 0.4) is 0 Å². The molecule has 0 aliphatic rings. The second-order valence-electron chi connectivity index (χ2n) is 11.6. The Morgan fingerprint density at radius 2 is 1.04 bits per heavy atom. The summed E-state index contributed by atoms with van der Waals surface area (Å²) < 4.78 is 5.79. The van der Waals surface area contributed by atoms with Crippen molar-refractivity contribution in [3.8, 4) is 33.9 Å². The summed E-state index contributed by atoms with van der Waals surface area (Å²) in [6.45, 7) is 0. The van der Waals surface area contributed by atoms with Crippen molar-refractivity contribution >= 4 is 65.3 Å². The number of hydrogen-bond donors (Lipinski definition) is 0. The van der Waals surface area contributed by atoms with Crippen LogP contribution >= 0.6 is 11.3 Å². The number of pyridine rings is 4. The molecule has 0 saturated carbocycles. The lowest BCUT2D eigenvalue weighted by Crippen LogP contribution is -1.97. The first-order valence-corrected chi connectivity index (χ1v) is 16.3. The molecule has 0 atom stereocenters. The molecule has 0 N–H and O–H groups in total. The molecule has 7 heteroatoms. The summed E-state index contributed by atoms with van der Waals surface area (Å²) in [5.41, 5.74) is 10.3. The van der Waals surface area contributed by atoms with Crippen molar-refractivity contribution in [1.82, 2.24) is 29.1 Å². The van der Waals surface area contributed by atoms with Gasteiger partial charge in [-0.25, -0.2) is 9.97 Å². The zero-order chi connectivity index (χ0) is 30.9. The molecular formula is C40H24N6S. The first-order chi connectivity index (χ1) is 23.3. The van der Waals surface area contributed by atoms with E-state index in [4.69, 9.17) is 9.97 Å². The third kappa shape index (κ3) is 3.97. The minimum absolute atomic E-state index is 0.928. The molecule has 0 aliphatic carbocycles. The summed E-state index contributed by atoms with van der Waals surface area (Å²) in [6, 6.07) is 40.3. The van der Waals surface area contributed by atoms with Gasteiger partial charge in [0.05, 0.1) is 28.1 Å². The van der Waals surface area contributed by atoms with Gasteiger partial charge in [-0.15, -0.1) is 11.3 Å². The molecule has 0 bridgehead atoms. The van der Waals surface area contributed by atoms with E-state index in [1.165, 1.54) is 10.1 Å². The zero-order valence-corrected chi connectivity index (χ0v) is 25.8. The maximum absolute atomic E-state index is 4.90. The van der Waals surface area contributed by atoms with E-state index in [0.29, 0.717) is 0 Å². The van der Waals surface area contributed by atoms with E-state index in [1.807, 2.05) is 67.3 Å². The van der Waals surface area contributed by atoms with Crippen molar-refractivity contribution < 1.29 is 0 Å². The molecule has 3 aromatic carbocycles. The monoisotopic (exact) mass is 620 g/mol. The zero-order valence-electron chi connectivity index (χ0n) is 24.9. The van der Waals surface area contributed by atoms with Gasteiger partial charge >= 0.3 is 0 Å². The van der Waals surface area contributed by atoms with Crippen LogP contribution in [0.15, 0.2) is 145 Å². The van der Waals surface area contributed by atoms with Crippen LogP contribution in [0.5, 0.6) is 0 Å². The number of thiophene rings is 1. The standard InChI is InChI=1S/C40H24N6S/c1-3-17-41-33(9-1)25-11-14-35-30(21-25)28-7-5-19-43-39(28)45(35)27-13-16-38-32(23-27)37(24-47-38)46-36-15-12-26(34-10-2-4-18-42-34)22-31(36)29-8-6-20-44-40(29)46/h1-24H. The molecule has 10 aromatic rings. The molecular weight excluding hydrogens is 597 g/mol. The van der Waals surface area contributed by atoms with Gasteiger partial charge in [0, 0.05) is 78.6 Å². The lowest BCUT2D eigenvalue weighted by Gasteiger charge is -2.10. The first-order valence-electron chi connectivity index (χ1n) is 15.4. The Bertz CT molecular complexity index is 2790. The van der Waals surface area contributed by atoms with Gasteiger partial charge in [-0.1, -0.05) is 24.3 Å². The predicted octanol–water partition coefficient (Wildman–Crippen LogP) is 10.0. The molecule has 0 amide bonds. The van der Waals surface area contributed by atoms with Crippen LogP contribution in [0.4, 0.5) is 0 Å². The van der Waals surface area contributed by atoms with Gasteiger partial charge in [-0.2, -0.15) is 0 Å². The van der Waals surface area contributed by atoms with Crippen LogP contribution < -0.4 is 0 Å². The average Bonchev–Trinajstić information content (AvgIpc) is 3.81. The van der Waals surface area contributed by atoms with Crippen LogP contribution in [0.25, 0.3) is 87.8 Å². The maximum atomic E-state index is 4.90. The van der Waals surface area contributed by atoms with Gasteiger partial charge in [-0.3, -0.25) is 19.1 Å². The molecule has 6 nitrogen and oxygen atoms in total. The summed E-state index contributed by atoms with van der Waals surface area (Å²) in [7, 11) is 0. The highest BCUT2D eigenvalue weighted by molar-refractivity contribution is 7.17. The highest BCUT2D eigenvalue weighted by atomic mass is 32.1. The molecule has 0 aliphatic heterocycles. The minimum Gasteiger partial charge on any atom is -0.294 e. The lowest BCUT2D eigenvalue weighted by molar-refractivity contribution is 1.13. The van der Waals surface area contributed by atoms with Crippen LogP contribution in [0, 0.1) is 0 Å². The van der Waals surface area contributed by atoms with E-state index < -0.39 is 0 Å². The topological polar surface area (TPSA) is 61.4 Å². The van der Waals surface area contributed by atoms with E-state index in [0.717, 1.165) is 77.8 Å². The van der Waals surface area contributed by atoms with E-state index in [2.05, 4.69) is 97.3 Å². The highest BCUT2D eigenvalue weighted by Gasteiger charge is 2.19. The Morgan fingerprint density at radius 3 is 1.66 bits per heavy atom. The molecule has 220 valence electrons. The minimum atomic E-state index is 0.928. The Hall–Kier alpha value is -6.18. The van der Waals surface area contributed by atoms with Crippen molar-refractivity contribution in [2.45, 2.75) is 0 Å². The second kappa shape index (κ2) is 10.2. The van der Waals surface area contributed by atoms with Crippen LogP contribution in [-0.2, 0) is 0 Å². The quantitative estimate of drug-likeness (QED) is 0.196. The molecule has 7 heterocycles. The second-order valence-corrected chi connectivity index (χ2v) is 12.5. The average molecular weight is 621 g/mol. The Morgan fingerprint density at radius 1 is 0.447 bits per heavy atom. The lowest BCUT2D eigenvalue weighted by atomic mass is 10.1. The number of benzene rings is 3. The van der Waals surface area contributed by atoms with Gasteiger partial charge < -0.3 is 0 Å². The van der Waals surface area contributed by atoms with E-state index in [1.54, 1.807) is 11.3 Å². The Labute approximate surface area is 272 Å². The molecule has 7 aromatic heterocycles. The normalized spacial score (nSPS) is 11.8. The maximum Gasteiger partial charge on any atom is 0.145 e. The summed E-state index contributed by atoms with van der Waals surface area (Å²) in [6.07, 6.45) is 7.42. The van der Waals surface area contributed by atoms with Gasteiger partial charge in [0.1, 0.15) is 11.3 Å². The third-order valence-corrected chi connectivity index (χ3v) is 9.96. The molecule has 0 fully saturated rings. The van der Waals surface area contributed by atoms with Crippen molar-refractivity contribution in [1.29, 1.82) is 0 Å². The van der Waals surface area contributed by atoms with E-state index in [-0.39, 0.29) is 0 Å². The van der Waals surface area contributed by atoms with Crippen molar-refractivity contribution in [3.63, 3.8) is 0 Å². The molecule has 0 unspecified atom stereocenters. The number of rotatable bonds is 4. The van der Waals surface area contributed by atoms with E-state index in [9.17, 15) is 0 Å². The van der Waals surface area contributed by atoms with E-state index >= 15 is 0 Å². The van der Waals surface area contributed by atoms with Gasteiger partial charge in [0.15, 0.2) is 0 Å². The fraction of sp³-hybridized carbons (Fsp3) is 0. The Balaban J connectivity index is 1.19. The number of aromatic nitrogens is 6. The molecule has 47 heavy (non-hydrogen) atoms. The molecule has 0 spiro atoms. The van der Waals surface area contributed by atoms with Crippen LogP contribution in [-0.4, -0.2) is 29.1 Å². The largest absolute Gasteiger partial charge is 0.294 e. The smallest absolute Gasteiger partial charge is 0.145 e. The summed E-state index contributed by atoms with van der Waals surface area (Å²) >= 11 is 1.75. The van der Waals surface area contributed by atoms with Crippen molar-refractivity contribution in [2.24, 2.45) is 0 Å². The molecule has 0 radical (unpaired) electrons. The van der Waals surface area contributed by atoms with Crippen LogP contribution in [0.1, 0.15) is 0 Å². The number of hydrogen-bond acceptors (Lipinski definition) is 5. The van der Waals surface area contributed by atoms with Gasteiger partial charge in [0.2, 0.25) is 0 Å². The van der Waals surface area contributed by atoms with Gasteiger partial charge in [0.25, 0.3) is 0 Å². The Kier molecular flexibility index (Phi) is 5.64. The summed E-state index contributed by atoms with van der Waals surface area (Å²) in [4.78, 5) is 19.0. The number of fused-ring (bicyclic) bond motifs is 7. The number of nitrogens with zero attached hydrogens (tertiary/aromatic N) is 6. The third-order valence-electron chi connectivity index (χ3n) is 9.01. The summed E-state index contributed by atoms with van der Waals surface area (Å²) in [5.74, 6) is 0. The van der Waals surface area contributed by atoms with Crippen molar-refractivity contribution in [2.75, 3.05) is 0 Å². The fourth-order valence-electron chi connectivity index (χ4n) is 6.90. The van der Waals surface area contributed by atoms with Crippen molar-refractivity contribution in [3.05, 3.63) is 145 Å². The first kappa shape index (κ1) is 26.1. The fourth-order valence-corrected chi connectivity index (χ4v) is 7.81. The molecule has 10 rings (SSSR count). The summed E-state index contributed by atoms with van der Waals surface area (Å²) in [5, 5.41) is 7.95. The predicted molar refractivity (Wildman–Crippen MR) is 193 cm³/mol.